The summed E-state index contributed by atoms with van der Waals surface area (Å²) in [5, 5.41) is 12.8. The Hall–Kier alpha value is -0.160. The molecule has 0 aromatic rings. The van der Waals surface area contributed by atoms with Crippen molar-refractivity contribution in [2.24, 2.45) is 0 Å². The lowest BCUT2D eigenvalue weighted by Gasteiger charge is -2.34. The fourth-order valence-corrected chi connectivity index (χ4v) is 2.31. The molecule has 16 heavy (non-hydrogen) atoms. The van der Waals surface area contributed by atoms with Crippen LogP contribution in [0.2, 0.25) is 0 Å². The quantitative estimate of drug-likeness (QED) is 0.720. The molecule has 1 fully saturated rings. The number of hydrogen-bond acceptors (Lipinski definition) is 4. The molecule has 2 N–H and O–H groups in total. The van der Waals surface area contributed by atoms with Gasteiger partial charge in [0, 0.05) is 26.2 Å². The number of likely N-dealkylation sites (N-methyl/N-ethyl adjacent to an activating group) is 1. The van der Waals surface area contributed by atoms with Crippen LogP contribution in [0, 0.1) is 0 Å². The lowest BCUT2D eigenvalue weighted by Crippen LogP contribution is -2.54. The highest BCUT2D eigenvalue weighted by Gasteiger charge is 2.26. The van der Waals surface area contributed by atoms with Crippen LogP contribution in [0.3, 0.4) is 0 Å². The molecule has 0 bridgehead atoms. The van der Waals surface area contributed by atoms with Crippen LogP contribution in [-0.4, -0.2) is 61.0 Å². The molecule has 2 atom stereocenters. The van der Waals surface area contributed by atoms with Crippen molar-refractivity contribution in [3.05, 3.63) is 0 Å². The molecule has 0 saturated carbocycles. The van der Waals surface area contributed by atoms with Gasteiger partial charge >= 0.3 is 0 Å². The van der Waals surface area contributed by atoms with Crippen LogP contribution in [0.4, 0.5) is 0 Å². The van der Waals surface area contributed by atoms with Gasteiger partial charge in [-0.15, -0.1) is 0 Å². The van der Waals surface area contributed by atoms with E-state index in [2.05, 4.69) is 31.0 Å². The first-order valence-electron chi connectivity index (χ1n) is 6.29. The first-order valence-corrected chi connectivity index (χ1v) is 6.29. The average Bonchev–Trinajstić information content (AvgIpc) is 2.43. The van der Waals surface area contributed by atoms with Crippen molar-refractivity contribution in [3.63, 3.8) is 0 Å². The second kappa shape index (κ2) is 6.55. The molecule has 4 nitrogen and oxygen atoms in total. The van der Waals surface area contributed by atoms with Crippen LogP contribution in [0.15, 0.2) is 0 Å². The molecule has 0 aromatic carbocycles. The van der Waals surface area contributed by atoms with Crippen molar-refractivity contribution in [3.8, 4) is 0 Å². The van der Waals surface area contributed by atoms with E-state index in [0.29, 0.717) is 6.10 Å². The third-order valence-corrected chi connectivity index (χ3v) is 3.06. The third kappa shape index (κ3) is 4.37. The smallest absolute Gasteiger partial charge is 0.0673 e. The first kappa shape index (κ1) is 13.9. The highest BCUT2D eigenvalue weighted by molar-refractivity contribution is 4.86. The average molecular weight is 230 g/mol. The van der Waals surface area contributed by atoms with Gasteiger partial charge in [-0.2, -0.15) is 0 Å². The van der Waals surface area contributed by atoms with E-state index in [-0.39, 0.29) is 12.1 Å². The zero-order valence-corrected chi connectivity index (χ0v) is 10.8. The van der Waals surface area contributed by atoms with Gasteiger partial charge < -0.3 is 15.2 Å². The summed E-state index contributed by atoms with van der Waals surface area (Å²) in [5.74, 6) is 0. The molecule has 0 radical (unpaired) electrons. The minimum atomic E-state index is -0.196. The second-order valence-corrected chi connectivity index (χ2v) is 5.02. The highest BCUT2D eigenvalue weighted by Crippen LogP contribution is 2.11. The summed E-state index contributed by atoms with van der Waals surface area (Å²) in [5.41, 5.74) is -0.196. The molecule has 1 aliphatic rings. The molecule has 2 unspecified atom stereocenters. The minimum Gasteiger partial charge on any atom is -0.394 e. The van der Waals surface area contributed by atoms with Crippen molar-refractivity contribution in [1.29, 1.82) is 0 Å². The molecule has 0 amide bonds. The van der Waals surface area contributed by atoms with Crippen LogP contribution in [-0.2, 0) is 4.74 Å². The van der Waals surface area contributed by atoms with E-state index in [1.165, 1.54) is 0 Å². The molecule has 0 aliphatic carbocycles. The van der Waals surface area contributed by atoms with Gasteiger partial charge in [-0.1, -0.05) is 6.92 Å². The van der Waals surface area contributed by atoms with Gasteiger partial charge in [-0.3, -0.25) is 4.90 Å². The van der Waals surface area contributed by atoms with Gasteiger partial charge in [-0.05, 0) is 26.8 Å². The Bertz CT molecular complexity index is 201. The van der Waals surface area contributed by atoms with Crippen LogP contribution in [0.1, 0.15) is 27.2 Å². The van der Waals surface area contributed by atoms with Crippen molar-refractivity contribution in [1.82, 2.24) is 10.2 Å². The topological polar surface area (TPSA) is 44.7 Å². The summed E-state index contributed by atoms with van der Waals surface area (Å²) in [6.07, 6.45) is 1.38. The number of hydrogen-bond donors (Lipinski definition) is 2. The largest absolute Gasteiger partial charge is 0.394 e. The SMILES string of the molecule is CCNC(C)(CO)CN1CCCOC(C)C1. The fraction of sp³-hybridized carbons (Fsp3) is 1.00. The molecule has 1 aliphatic heterocycles. The Kier molecular flexibility index (Phi) is 5.69. The van der Waals surface area contributed by atoms with Gasteiger partial charge in [0.25, 0.3) is 0 Å². The maximum atomic E-state index is 9.46. The molecule has 0 aromatic heterocycles. The second-order valence-electron chi connectivity index (χ2n) is 5.02. The van der Waals surface area contributed by atoms with E-state index in [1.807, 2.05) is 0 Å². The predicted octanol–water partition coefficient (Wildman–Crippen LogP) is 0.458. The number of nitrogens with one attached hydrogen (secondary N) is 1. The Morgan fingerprint density at radius 1 is 1.56 bits per heavy atom. The van der Waals surface area contributed by atoms with Crippen molar-refractivity contribution in [2.75, 3.05) is 39.4 Å². The Morgan fingerprint density at radius 3 is 2.94 bits per heavy atom. The number of aliphatic hydroxyl groups excluding tert-OH is 1. The van der Waals surface area contributed by atoms with Crippen molar-refractivity contribution >= 4 is 0 Å². The highest BCUT2D eigenvalue weighted by atomic mass is 16.5. The van der Waals surface area contributed by atoms with Crippen molar-refractivity contribution in [2.45, 2.75) is 38.8 Å². The maximum Gasteiger partial charge on any atom is 0.0673 e. The van der Waals surface area contributed by atoms with Gasteiger partial charge in [0.2, 0.25) is 0 Å². The van der Waals surface area contributed by atoms with E-state index < -0.39 is 0 Å². The van der Waals surface area contributed by atoms with Crippen LogP contribution in [0.25, 0.3) is 0 Å². The molecule has 1 heterocycles. The summed E-state index contributed by atoms with van der Waals surface area (Å²) in [7, 11) is 0. The molecular formula is C12H26N2O2. The lowest BCUT2D eigenvalue weighted by molar-refractivity contribution is 0.0584. The first-order chi connectivity index (χ1) is 7.59. The van der Waals surface area contributed by atoms with Crippen LogP contribution in [0.5, 0.6) is 0 Å². The molecule has 1 rings (SSSR count). The predicted molar refractivity (Wildman–Crippen MR) is 65.6 cm³/mol. The van der Waals surface area contributed by atoms with Gasteiger partial charge in [0.1, 0.15) is 0 Å². The van der Waals surface area contributed by atoms with E-state index in [1.54, 1.807) is 0 Å². The summed E-state index contributed by atoms with van der Waals surface area (Å²) in [6, 6.07) is 0. The molecular weight excluding hydrogens is 204 g/mol. The fourth-order valence-electron chi connectivity index (χ4n) is 2.31. The zero-order chi connectivity index (χ0) is 12.0. The Labute approximate surface area is 99.0 Å². The molecule has 1 saturated heterocycles. The maximum absolute atomic E-state index is 9.46. The molecule has 96 valence electrons. The van der Waals surface area contributed by atoms with Crippen LogP contribution >= 0.6 is 0 Å². The van der Waals surface area contributed by atoms with Crippen molar-refractivity contribution < 1.29 is 9.84 Å². The summed E-state index contributed by atoms with van der Waals surface area (Å²) in [6.45, 7) is 11.1. The van der Waals surface area contributed by atoms with E-state index in [9.17, 15) is 5.11 Å². The van der Waals surface area contributed by atoms with E-state index in [0.717, 1.165) is 39.2 Å². The number of ether oxygens (including phenoxy) is 1. The third-order valence-electron chi connectivity index (χ3n) is 3.06. The normalized spacial score (nSPS) is 27.4. The molecule has 0 spiro atoms. The number of nitrogens with zero attached hydrogens (tertiary/aromatic N) is 1. The Balaban J connectivity index is 2.49. The van der Waals surface area contributed by atoms with E-state index in [4.69, 9.17) is 4.74 Å². The summed E-state index contributed by atoms with van der Waals surface area (Å²) < 4.78 is 5.62. The van der Waals surface area contributed by atoms with Gasteiger partial charge in [-0.25, -0.2) is 0 Å². The minimum absolute atomic E-state index is 0.173. The summed E-state index contributed by atoms with van der Waals surface area (Å²) in [4.78, 5) is 2.39. The summed E-state index contributed by atoms with van der Waals surface area (Å²) >= 11 is 0. The number of aliphatic hydroxyl groups is 1. The van der Waals surface area contributed by atoms with Gasteiger partial charge in [0.15, 0.2) is 0 Å². The molecule has 4 heteroatoms. The zero-order valence-electron chi connectivity index (χ0n) is 10.8. The Morgan fingerprint density at radius 2 is 2.31 bits per heavy atom. The van der Waals surface area contributed by atoms with Gasteiger partial charge in [0.05, 0.1) is 18.2 Å². The lowest BCUT2D eigenvalue weighted by atomic mass is 10.0. The number of rotatable bonds is 5. The standard InChI is InChI=1S/C12H26N2O2/c1-4-13-12(3,10-15)9-14-6-5-7-16-11(2)8-14/h11,13,15H,4-10H2,1-3H3. The monoisotopic (exact) mass is 230 g/mol. The van der Waals surface area contributed by atoms with Crippen LogP contribution < -0.4 is 5.32 Å². The van der Waals surface area contributed by atoms with E-state index >= 15 is 0 Å².